The van der Waals surface area contributed by atoms with E-state index in [2.05, 4.69) is 5.32 Å². The molecule has 144 valence electrons. The van der Waals surface area contributed by atoms with Crippen LogP contribution in [0.4, 0.5) is 0 Å². The van der Waals surface area contributed by atoms with Crippen molar-refractivity contribution < 1.29 is 23.6 Å². The lowest BCUT2D eigenvalue weighted by Crippen LogP contribution is -2.43. The summed E-state index contributed by atoms with van der Waals surface area (Å²) in [6.07, 6.45) is 0.263. The molecule has 28 heavy (non-hydrogen) atoms. The Morgan fingerprint density at radius 1 is 1.04 bits per heavy atom. The summed E-state index contributed by atoms with van der Waals surface area (Å²) in [6, 6.07) is 14.7. The van der Waals surface area contributed by atoms with Crippen molar-refractivity contribution in [2.24, 2.45) is 0 Å². The molecular weight excluding hydrogens is 359 g/mol. The van der Waals surface area contributed by atoms with Gasteiger partial charge in [0.1, 0.15) is 6.04 Å². The van der Waals surface area contributed by atoms with Crippen LogP contribution in [0.5, 0.6) is 0 Å². The Kier molecular flexibility index (Phi) is 7.75. The van der Waals surface area contributed by atoms with Crippen molar-refractivity contribution in [1.29, 1.82) is 5.26 Å². The van der Waals surface area contributed by atoms with Gasteiger partial charge in [0.15, 0.2) is 0 Å². The number of nitriles is 1. The second-order valence-corrected chi connectivity index (χ2v) is 5.99. The molecule has 0 aliphatic rings. The zero-order chi connectivity index (χ0) is 20.5. The minimum atomic E-state index is -0.848. The molecule has 2 aromatic carbocycles. The number of amides is 1. The first-order chi connectivity index (χ1) is 13.5. The SMILES string of the molecule is COB(OC)c1ccc(C[C@H](NC(=O)c2ccc(C#N)cc2)C(=O)OC)cc1. The fourth-order valence-electron chi connectivity index (χ4n) is 2.69. The second kappa shape index (κ2) is 10.3. The highest BCUT2D eigenvalue weighted by Gasteiger charge is 2.23. The number of carbonyl (C=O) groups is 2. The van der Waals surface area contributed by atoms with Gasteiger partial charge in [-0.3, -0.25) is 4.79 Å². The summed E-state index contributed by atoms with van der Waals surface area (Å²) in [7, 11) is 3.90. The molecule has 0 bridgehead atoms. The third-order valence-corrected chi connectivity index (χ3v) is 4.19. The molecule has 0 aliphatic carbocycles. The number of rotatable bonds is 8. The topological polar surface area (TPSA) is 97.6 Å². The Morgan fingerprint density at radius 3 is 2.14 bits per heavy atom. The molecule has 0 radical (unpaired) electrons. The maximum absolute atomic E-state index is 12.5. The van der Waals surface area contributed by atoms with E-state index in [1.807, 2.05) is 30.3 Å². The maximum atomic E-state index is 12.5. The van der Waals surface area contributed by atoms with Crippen molar-refractivity contribution in [2.45, 2.75) is 12.5 Å². The van der Waals surface area contributed by atoms with Gasteiger partial charge in [-0.05, 0) is 35.3 Å². The van der Waals surface area contributed by atoms with Gasteiger partial charge in [0, 0.05) is 26.2 Å². The number of carbonyl (C=O) groups excluding carboxylic acids is 2. The molecule has 2 aromatic rings. The average molecular weight is 380 g/mol. The van der Waals surface area contributed by atoms with Crippen molar-refractivity contribution in [3.05, 3.63) is 65.2 Å². The van der Waals surface area contributed by atoms with E-state index in [-0.39, 0.29) is 6.42 Å². The van der Waals surface area contributed by atoms with E-state index < -0.39 is 25.0 Å². The predicted molar refractivity (Wildman–Crippen MR) is 104 cm³/mol. The summed E-state index contributed by atoms with van der Waals surface area (Å²) in [5.41, 5.74) is 2.48. The Balaban J connectivity index is 2.12. The fraction of sp³-hybridized carbons (Fsp3) is 0.250. The van der Waals surface area contributed by atoms with Gasteiger partial charge in [0.25, 0.3) is 5.91 Å². The lowest BCUT2D eigenvalue weighted by atomic mass is 9.78. The first kappa shape index (κ1) is 21.2. The summed E-state index contributed by atoms with van der Waals surface area (Å²) >= 11 is 0. The van der Waals surface area contributed by atoms with Gasteiger partial charge < -0.3 is 19.4 Å². The molecule has 0 aromatic heterocycles. The number of ether oxygens (including phenoxy) is 1. The fourth-order valence-corrected chi connectivity index (χ4v) is 2.69. The van der Waals surface area contributed by atoms with Crippen molar-refractivity contribution in [3.63, 3.8) is 0 Å². The lowest BCUT2D eigenvalue weighted by Gasteiger charge is -2.17. The second-order valence-electron chi connectivity index (χ2n) is 5.99. The molecule has 8 heteroatoms. The molecule has 1 N–H and O–H groups in total. The van der Waals surface area contributed by atoms with Gasteiger partial charge in [-0.25, -0.2) is 4.79 Å². The number of nitrogens with zero attached hydrogens (tertiary/aromatic N) is 1. The van der Waals surface area contributed by atoms with Crippen LogP contribution in [0.3, 0.4) is 0 Å². The third-order valence-electron chi connectivity index (χ3n) is 4.19. The molecular formula is C20H21BN2O5. The molecule has 2 rings (SSSR count). The van der Waals surface area contributed by atoms with E-state index in [9.17, 15) is 9.59 Å². The number of benzene rings is 2. The van der Waals surface area contributed by atoms with Crippen LogP contribution in [-0.2, 0) is 25.3 Å². The van der Waals surface area contributed by atoms with Crippen molar-refractivity contribution >= 4 is 24.5 Å². The van der Waals surface area contributed by atoms with Crippen LogP contribution in [0, 0.1) is 11.3 Å². The summed E-state index contributed by atoms with van der Waals surface area (Å²) in [5.74, 6) is -0.965. The first-order valence-electron chi connectivity index (χ1n) is 8.55. The van der Waals surface area contributed by atoms with Crippen LogP contribution in [-0.4, -0.2) is 46.4 Å². The highest BCUT2D eigenvalue weighted by atomic mass is 16.6. The van der Waals surface area contributed by atoms with Crippen LogP contribution in [0.1, 0.15) is 21.5 Å². The Hall–Kier alpha value is -3.15. The van der Waals surface area contributed by atoms with Crippen molar-refractivity contribution in [3.8, 4) is 6.07 Å². The van der Waals surface area contributed by atoms with Crippen LogP contribution in [0.15, 0.2) is 48.5 Å². The number of hydrogen-bond donors (Lipinski definition) is 1. The van der Waals surface area contributed by atoms with Crippen LogP contribution in [0.2, 0.25) is 0 Å². The quantitative estimate of drug-likeness (QED) is 0.543. The van der Waals surface area contributed by atoms with E-state index in [1.54, 1.807) is 26.4 Å². The Bertz CT molecular complexity index is 842. The molecule has 0 unspecified atom stereocenters. The predicted octanol–water partition coefficient (Wildman–Crippen LogP) is 1.06. The smallest absolute Gasteiger partial charge is 0.467 e. The Morgan fingerprint density at radius 2 is 1.64 bits per heavy atom. The molecule has 1 atom stereocenters. The van der Waals surface area contributed by atoms with Crippen LogP contribution in [0.25, 0.3) is 0 Å². The normalized spacial score (nSPS) is 11.2. The molecule has 0 aliphatic heterocycles. The number of esters is 1. The van der Waals surface area contributed by atoms with Crippen molar-refractivity contribution in [1.82, 2.24) is 5.32 Å². The van der Waals surface area contributed by atoms with Gasteiger partial charge in [-0.1, -0.05) is 24.3 Å². The first-order valence-corrected chi connectivity index (χ1v) is 8.55. The molecule has 0 saturated heterocycles. The molecule has 0 saturated carbocycles. The largest absolute Gasteiger partial charge is 0.493 e. The maximum Gasteiger partial charge on any atom is 0.493 e. The summed E-state index contributed by atoms with van der Waals surface area (Å²) < 4.78 is 15.2. The standard InChI is InChI=1S/C20H21BN2O5/c1-26-20(25)18(23-19(24)16-8-4-15(13-22)5-9-16)12-14-6-10-17(11-7-14)21(27-2)28-3/h4-11,18H,12H2,1-3H3,(H,23,24)/t18-/m0/s1. The zero-order valence-electron chi connectivity index (χ0n) is 16.0. The van der Waals surface area contributed by atoms with Gasteiger partial charge in [0.05, 0.1) is 18.7 Å². The van der Waals surface area contributed by atoms with Crippen molar-refractivity contribution in [2.75, 3.05) is 21.3 Å². The van der Waals surface area contributed by atoms with E-state index in [0.717, 1.165) is 11.0 Å². The van der Waals surface area contributed by atoms with E-state index >= 15 is 0 Å². The van der Waals surface area contributed by atoms with Crippen LogP contribution < -0.4 is 10.8 Å². The average Bonchev–Trinajstić information content (AvgIpc) is 2.74. The summed E-state index contributed by atoms with van der Waals surface area (Å²) in [4.78, 5) is 24.6. The molecule has 0 fully saturated rings. The minimum Gasteiger partial charge on any atom is -0.467 e. The number of nitrogens with one attached hydrogen (secondary N) is 1. The Labute approximate surface area is 164 Å². The molecule has 1 amide bonds. The summed E-state index contributed by atoms with van der Waals surface area (Å²) in [6.45, 7) is 0. The lowest BCUT2D eigenvalue weighted by molar-refractivity contribution is -0.142. The van der Waals surface area contributed by atoms with E-state index in [1.165, 1.54) is 19.2 Å². The van der Waals surface area contributed by atoms with Gasteiger partial charge in [0.2, 0.25) is 0 Å². The number of methoxy groups -OCH3 is 1. The highest BCUT2D eigenvalue weighted by molar-refractivity contribution is 6.61. The van der Waals surface area contributed by atoms with Gasteiger partial charge in [-0.2, -0.15) is 5.26 Å². The molecule has 7 nitrogen and oxygen atoms in total. The van der Waals surface area contributed by atoms with Gasteiger partial charge >= 0.3 is 13.1 Å². The zero-order valence-corrected chi connectivity index (χ0v) is 16.0. The van der Waals surface area contributed by atoms with E-state index in [0.29, 0.717) is 11.1 Å². The number of hydrogen-bond acceptors (Lipinski definition) is 6. The summed E-state index contributed by atoms with van der Waals surface area (Å²) in [5, 5.41) is 11.5. The minimum absolute atomic E-state index is 0.263. The van der Waals surface area contributed by atoms with Crippen LogP contribution >= 0.6 is 0 Å². The highest BCUT2D eigenvalue weighted by Crippen LogP contribution is 2.08. The third kappa shape index (κ3) is 5.43. The molecule has 0 heterocycles. The monoisotopic (exact) mass is 380 g/mol. The van der Waals surface area contributed by atoms with Gasteiger partial charge in [-0.15, -0.1) is 0 Å². The molecule has 0 spiro atoms. The van der Waals surface area contributed by atoms with E-state index in [4.69, 9.17) is 19.3 Å².